The second kappa shape index (κ2) is 8.57. The maximum Gasteiger partial charge on any atom is 0.273 e. The van der Waals surface area contributed by atoms with E-state index in [0.29, 0.717) is 5.69 Å². The number of benzene rings is 2. The number of carbonyl (C=O) groups is 1. The Morgan fingerprint density at radius 3 is 2.52 bits per heavy atom. The molecule has 0 bridgehead atoms. The first-order chi connectivity index (χ1) is 13.9. The predicted octanol–water partition coefficient (Wildman–Crippen LogP) is 4.30. The average molecular weight is 386 g/mol. The minimum Gasteiger partial charge on any atom is -0.507 e. The van der Waals surface area contributed by atoms with E-state index in [1.54, 1.807) is 12.1 Å². The summed E-state index contributed by atoms with van der Waals surface area (Å²) < 4.78 is 1.31. The van der Waals surface area contributed by atoms with E-state index in [1.807, 2.05) is 37.3 Å². The molecule has 0 aliphatic rings. The van der Waals surface area contributed by atoms with Gasteiger partial charge >= 0.3 is 0 Å². The van der Waals surface area contributed by atoms with Gasteiger partial charge in [0.2, 0.25) is 0 Å². The number of aromatic nitrogens is 1. The normalized spacial score (nSPS) is 10.5. The Morgan fingerprint density at radius 2 is 1.86 bits per heavy atom. The van der Waals surface area contributed by atoms with E-state index in [1.165, 1.54) is 28.5 Å². The van der Waals surface area contributed by atoms with Crippen LogP contribution in [0.4, 0.5) is 0 Å². The van der Waals surface area contributed by atoms with Gasteiger partial charge in [-0.2, -0.15) is 5.26 Å². The smallest absolute Gasteiger partial charge is 0.273 e. The molecule has 5 heteroatoms. The van der Waals surface area contributed by atoms with Crippen LogP contribution in [0, 0.1) is 18.3 Å². The molecule has 0 radical (unpaired) electrons. The third-order valence-electron chi connectivity index (χ3n) is 4.83. The summed E-state index contributed by atoms with van der Waals surface area (Å²) in [7, 11) is 0. The number of hydrogen-bond donors (Lipinski definition) is 1. The van der Waals surface area contributed by atoms with Gasteiger partial charge < -0.3 is 5.11 Å². The Bertz CT molecular complexity index is 1150. The minimum atomic E-state index is -0.487. The van der Waals surface area contributed by atoms with Crippen LogP contribution in [0.2, 0.25) is 0 Å². The quantitative estimate of drug-likeness (QED) is 0.641. The number of phenolic OH excluding ortho intramolecular Hbond substituents is 1. The Labute approximate surface area is 169 Å². The minimum absolute atomic E-state index is 0.127. The van der Waals surface area contributed by atoms with Crippen LogP contribution in [-0.2, 0) is 6.42 Å². The molecule has 0 atom stereocenters. The van der Waals surface area contributed by atoms with Gasteiger partial charge in [0.15, 0.2) is 5.78 Å². The largest absolute Gasteiger partial charge is 0.507 e. The Balaban J connectivity index is 2.08. The first kappa shape index (κ1) is 20.1. The molecule has 2 aromatic carbocycles. The van der Waals surface area contributed by atoms with Crippen LogP contribution in [0.15, 0.2) is 59.5 Å². The van der Waals surface area contributed by atoms with Crippen LogP contribution in [0.1, 0.15) is 52.4 Å². The first-order valence-electron chi connectivity index (χ1n) is 9.55. The number of aromatic hydroxyl groups is 1. The monoisotopic (exact) mass is 386 g/mol. The van der Waals surface area contributed by atoms with Crippen molar-refractivity contribution in [2.24, 2.45) is 0 Å². The first-order valence-corrected chi connectivity index (χ1v) is 9.55. The molecule has 0 saturated heterocycles. The van der Waals surface area contributed by atoms with Crippen LogP contribution in [-0.4, -0.2) is 15.5 Å². The summed E-state index contributed by atoms with van der Waals surface area (Å²) in [5.74, 6) is -0.590. The number of phenols is 1. The third-order valence-corrected chi connectivity index (χ3v) is 4.83. The standard InChI is InChI=1S/C24H22N2O3/c1-3-4-5-17-7-9-20(10-8-17)26-15-19(13-18(14-25)24(26)29)23(28)21-12-16(2)6-11-22(21)27/h6-13,15,27H,3-5H2,1-2H3. The van der Waals surface area contributed by atoms with Gasteiger partial charge in [-0.05, 0) is 55.7 Å². The van der Waals surface area contributed by atoms with Crippen molar-refractivity contribution in [3.63, 3.8) is 0 Å². The number of rotatable bonds is 6. The van der Waals surface area contributed by atoms with E-state index in [-0.39, 0.29) is 22.4 Å². The van der Waals surface area contributed by atoms with E-state index in [4.69, 9.17) is 0 Å². The molecular formula is C24H22N2O3. The van der Waals surface area contributed by atoms with Gasteiger partial charge in [0.05, 0.1) is 5.56 Å². The third kappa shape index (κ3) is 4.27. The van der Waals surface area contributed by atoms with E-state index in [2.05, 4.69) is 6.92 Å². The van der Waals surface area contributed by atoms with Crippen molar-refractivity contribution in [1.82, 2.24) is 4.57 Å². The highest BCUT2D eigenvalue weighted by atomic mass is 16.3. The summed E-state index contributed by atoms with van der Waals surface area (Å²) in [6, 6.07) is 15.4. The zero-order chi connectivity index (χ0) is 21.0. The van der Waals surface area contributed by atoms with Crippen LogP contribution in [0.5, 0.6) is 5.75 Å². The molecule has 3 aromatic rings. The molecule has 0 aliphatic carbocycles. The molecule has 0 unspecified atom stereocenters. The Hall–Kier alpha value is -3.65. The van der Waals surface area contributed by atoms with Crippen molar-refractivity contribution in [2.75, 3.05) is 0 Å². The summed E-state index contributed by atoms with van der Waals surface area (Å²) in [5, 5.41) is 19.5. The number of carbonyl (C=O) groups excluding carboxylic acids is 1. The lowest BCUT2D eigenvalue weighted by molar-refractivity contribution is 0.103. The average Bonchev–Trinajstić information content (AvgIpc) is 2.74. The predicted molar refractivity (Wildman–Crippen MR) is 112 cm³/mol. The topological polar surface area (TPSA) is 83.1 Å². The molecule has 5 nitrogen and oxygen atoms in total. The summed E-state index contributed by atoms with van der Waals surface area (Å²) in [4.78, 5) is 25.6. The summed E-state index contributed by atoms with van der Waals surface area (Å²) >= 11 is 0. The molecular weight excluding hydrogens is 364 g/mol. The molecule has 0 amide bonds. The highest BCUT2D eigenvalue weighted by Gasteiger charge is 2.18. The van der Waals surface area contributed by atoms with Gasteiger partial charge in [-0.1, -0.05) is 37.1 Å². The van der Waals surface area contributed by atoms with Crippen molar-refractivity contribution in [3.8, 4) is 17.5 Å². The van der Waals surface area contributed by atoms with E-state index >= 15 is 0 Å². The number of hydrogen-bond acceptors (Lipinski definition) is 4. The number of nitriles is 1. The van der Waals surface area contributed by atoms with Crippen LogP contribution >= 0.6 is 0 Å². The molecule has 0 aliphatic heterocycles. The SMILES string of the molecule is CCCCc1ccc(-n2cc(C(=O)c3cc(C)ccc3O)cc(C#N)c2=O)cc1. The van der Waals surface area contributed by atoms with Gasteiger partial charge in [-0.3, -0.25) is 14.2 Å². The summed E-state index contributed by atoms with van der Waals surface area (Å²) in [6.45, 7) is 3.95. The number of aryl methyl sites for hydroxylation is 2. The zero-order valence-electron chi connectivity index (χ0n) is 16.5. The molecule has 29 heavy (non-hydrogen) atoms. The number of pyridine rings is 1. The van der Waals surface area contributed by atoms with Crippen molar-refractivity contribution < 1.29 is 9.90 Å². The van der Waals surface area contributed by atoms with Crippen molar-refractivity contribution >= 4 is 5.78 Å². The van der Waals surface area contributed by atoms with Crippen molar-refractivity contribution in [2.45, 2.75) is 33.1 Å². The Kier molecular flexibility index (Phi) is 5.94. The fraction of sp³-hybridized carbons (Fsp3) is 0.208. The summed E-state index contributed by atoms with van der Waals surface area (Å²) in [5.41, 5.74) is 2.25. The molecule has 146 valence electrons. The second-order valence-corrected chi connectivity index (χ2v) is 7.05. The molecule has 3 rings (SSSR count). The van der Waals surface area contributed by atoms with Crippen molar-refractivity contribution in [3.05, 3.63) is 92.9 Å². The zero-order valence-corrected chi connectivity index (χ0v) is 16.5. The number of nitrogens with zero attached hydrogens (tertiary/aromatic N) is 2. The van der Waals surface area contributed by atoms with Crippen LogP contribution in [0.3, 0.4) is 0 Å². The lowest BCUT2D eigenvalue weighted by Gasteiger charge is -2.11. The van der Waals surface area contributed by atoms with E-state index in [9.17, 15) is 20.0 Å². The highest BCUT2D eigenvalue weighted by molar-refractivity contribution is 6.10. The van der Waals surface area contributed by atoms with Gasteiger partial charge in [-0.25, -0.2) is 0 Å². The molecule has 0 fully saturated rings. The second-order valence-electron chi connectivity index (χ2n) is 7.05. The lowest BCUT2D eigenvalue weighted by atomic mass is 10.0. The number of ketones is 1. The summed E-state index contributed by atoms with van der Waals surface area (Å²) in [6.07, 6.45) is 4.57. The fourth-order valence-electron chi connectivity index (χ4n) is 3.17. The molecule has 1 aromatic heterocycles. The van der Waals surface area contributed by atoms with Crippen molar-refractivity contribution in [1.29, 1.82) is 5.26 Å². The lowest BCUT2D eigenvalue weighted by Crippen LogP contribution is -2.22. The highest BCUT2D eigenvalue weighted by Crippen LogP contribution is 2.22. The van der Waals surface area contributed by atoms with E-state index < -0.39 is 11.3 Å². The fourth-order valence-corrected chi connectivity index (χ4v) is 3.17. The molecule has 1 heterocycles. The van der Waals surface area contributed by atoms with E-state index in [0.717, 1.165) is 24.8 Å². The molecule has 0 spiro atoms. The molecule has 0 saturated carbocycles. The van der Waals surface area contributed by atoms with Gasteiger partial charge in [-0.15, -0.1) is 0 Å². The Morgan fingerprint density at radius 1 is 1.14 bits per heavy atom. The van der Waals surface area contributed by atoms with Crippen LogP contribution < -0.4 is 5.56 Å². The van der Waals surface area contributed by atoms with Crippen LogP contribution in [0.25, 0.3) is 5.69 Å². The van der Waals surface area contributed by atoms with Gasteiger partial charge in [0.25, 0.3) is 5.56 Å². The van der Waals surface area contributed by atoms with Gasteiger partial charge in [0, 0.05) is 17.4 Å². The molecule has 1 N–H and O–H groups in total. The maximum absolute atomic E-state index is 13.0. The number of unbranched alkanes of at least 4 members (excludes halogenated alkanes) is 1. The van der Waals surface area contributed by atoms with Gasteiger partial charge in [0.1, 0.15) is 17.4 Å². The maximum atomic E-state index is 13.0.